The molecule has 2 aromatic rings. The fourth-order valence-corrected chi connectivity index (χ4v) is 1.82. The first-order chi connectivity index (χ1) is 9.56. The van der Waals surface area contributed by atoms with E-state index < -0.39 is 0 Å². The van der Waals surface area contributed by atoms with Crippen LogP contribution in [0.4, 0.5) is 11.4 Å². The summed E-state index contributed by atoms with van der Waals surface area (Å²) in [5, 5.41) is 10.7. The van der Waals surface area contributed by atoms with Gasteiger partial charge < -0.3 is 4.90 Å². The Labute approximate surface area is 118 Å². The summed E-state index contributed by atoms with van der Waals surface area (Å²) >= 11 is 0. The van der Waals surface area contributed by atoms with Crippen molar-refractivity contribution < 1.29 is 4.92 Å². The number of anilines is 1. The van der Waals surface area contributed by atoms with Crippen LogP contribution in [0.2, 0.25) is 0 Å². The van der Waals surface area contributed by atoms with Crippen molar-refractivity contribution >= 4 is 23.5 Å². The molecule has 0 saturated carbocycles. The molecular weight excluding hydrogens is 252 g/mol. The van der Waals surface area contributed by atoms with E-state index in [1.165, 1.54) is 6.07 Å². The van der Waals surface area contributed by atoms with E-state index in [-0.39, 0.29) is 10.6 Å². The van der Waals surface area contributed by atoms with Crippen molar-refractivity contribution in [1.82, 2.24) is 0 Å². The topological polar surface area (TPSA) is 46.4 Å². The van der Waals surface area contributed by atoms with Gasteiger partial charge in [-0.25, -0.2) is 0 Å². The predicted octanol–water partition coefficient (Wildman–Crippen LogP) is 3.83. The van der Waals surface area contributed by atoms with Gasteiger partial charge in [0.1, 0.15) is 0 Å². The van der Waals surface area contributed by atoms with E-state index >= 15 is 0 Å². The fourth-order valence-electron chi connectivity index (χ4n) is 1.82. The van der Waals surface area contributed by atoms with E-state index in [1.807, 2.05) is 61.5 Å². The first kappa shape index (κ1) is 13.8. The van der Waals surface area contributed by atoms with Gasteiger partial charge in [0.05, 0.1) is 4.92 Å². The summed E-state index contributed by atoms with van der Waals surface area (Å²) in [4.78, 5) is 12.4. The second-order valence-corrected chi connectivity index (χ2v) is 4.67. The van der Waals surface area contributed by atoms with Crippen LogP contribution < -0.4 is 4.90 Å². The van der Waals surface area contributed by atoms with Gasteiger partial charge in [0.25, 0.3) is 5.69 Å². The lowest BCUT2D eigenvalue weighted by molar-refractivity contribution is -0.384. The molecule has 2 aromatic carbocycles. The van der Waals surface area contributed by atoms with Crippen molar-refractivity contribution in [3.8, 4) is 0 Å². The van der Waals surface area contributed by atoms with Crippen molar-refractivity contribution in [1.29, 1.82) is 0 Å². The minimum atomic E-state index is -0.386. The molecule has 0 amide bonds. The smallest absolute Gasteiger partial charge is 0.270 e. The summed E-state index contributed by atoms with van der Waals surface area (Å²) in [6.07, 6.45) is 3.82. The molecule has 0 heterocycles. The zero-order valence-corrected chi connectivity index (χ0v) is 11.5. The van der Waals surface area contributed by atoms with Crippen molar-refractivity contribution in [2.24, 2.45) is 0 Å². The molecule has 102 valence electrons. The van der Waals surface area contributed by atoms with Crippen molar-refractivity contribution in [3.05, 3.63) is 69.8 Å². The molecule has 0 fully saturated rings. The van der Waals surface area contributed by atoms with Gasteiger partial charge in [-0.1, -0.05) is 36.4 Å². The third kappa shape index (κ3) is 3.45. The maximum atomic E-state index is 10.7. The average molecular weight is 268 g/mol. The lowest BCUT2D eigenvalue weighted by Gasteiger charge is -2.11. The predicted molar refractivity (Wildman–Crippen MR) is 82.8 cm³/mol. The van der Waals surface area contributed by atoms with Gasteiger partial charge >= 0.3 is 0 Å². The van der Waals surface area contributed by atoms with Crippen LogP contribution in [0.15, 0.2) is 48.5 Å². The Morgan fingerprint density at radius 3 is 2.25 bits per heavy atom. The molecule has 0 aliphatic rings. The van der Waals surface area contributed by atoms with Gasteiger partial charge in [-0.2, -0.15) is 0 Å². The van der Waals surface area contributed by atoms with Crippen LogP contribution in [0, 0.1) is 10.1 Å². The Bertz CT molecular complexity index is 631. The van der Waals surface area contributed by atoms with Crippen LogP contribution in [0.3, 0.4) is 0 Å². The molecule has 20 heavy (non-hydrogen) atoms. The number of hydrogen-bond acceptors (Lipinski definition) is 3. The number of benzene rings is 2. The lowest BCUT2D eigenvalue weighted by Crippen LogP contribution is -2.07. The Kier molecular flexibility index (Phi) is 4.15. The third-order valence-electron chi connectivity index (χ3n) is 2.96. The minimum Gasteiger partial charge on any atom is -0.378 e. The minimum absolute atomic E-state index is 0.107. The van der Waals surface area contributed by atoms with Crippen LogP contribution in [-0.4, -0.2) is 19.0 Å². The van der Waals surface area contributed by atoms with E-state index in [9.17, 15) is 10.1 Å². The van der Waals surface area contributed by atoms with Gasteiger partial charge in [0.15, 0.2) is 0 Å². The van der Waals surface area contributed by atoms with Crippen LogP contribution in [-0.2, 0) is 0 Å². The molecule has 0 atom stereocenters. The molecule has 4 heteroatoms. The number of hydrogen-bond donors (Lipinski definition) is 0. The van der Waals surface area contributed by atoms with Gasteiger partial charge in [-0.3, -0.25) is 10.1 Å². The van der Waals surface area contributed by atoms with Gasteiger partial charge in [-0.05, 0) is 23.3 Å². The summed E-state index contributed by atoms with van der Waals surface area (Å²) in [5.41, 5.74) is 3.12. The summed E-state index contributed by atoms with van der Waals surface area (Å²) in [6, 6.07) is 14.7. The highest BCUT2D eigenvalue weighted by atomic mass is 16.6. The molecule has 0 spiro atoms. The maximum Gasteiger partial charge on any atom is 0.270 e. The largest absolute Gasteiger partial charge is 0.378 e. The summed E-state index contributed by atoms with van der Waals surface area (Å²) in [7, 11) is 3.99. The molecule has 0 saturated heterocycles. The molecule has 0 unspecified atom stereocenters. The number of rotatable bonds is 4. The molecule has 0 aliphatic heterocycles. The van der Waals surface area contributed by atoms with E-state index in [1.54, 1.807) is 12.1 Å². The first-order valence-corrected chi connectivity index (χ1v) is 6.26. The Morgan fingerprint density at radius 1 is 1.00 bits per heavy atom. The highest BCUT2D eigenvalue weighted by Crippen LogP contribution is 2.17. The molecular formula is C16H16N2O2. The third-order valence-corrected chi connectivity index (χ3v) is 2.96. The Morgan fingerprint density at radius 2 is 1.65 bits per heavy atom. The fraction of sp³-hybridized carbons (Fsp3) is 0.125. The highest BCUT2D eigenvalue weighted by Gasteiger charge is 2.03. The molecule has 0 aromatic heterocycles. The van der Waals surface area contributed by atoms with Crippen LogP contribution >= 0.6 is 0 Å². The van der Waals surface area contributed by atoms with E-state index in [0.717, 1.165) is 16.8 Å². The molecule has 0 bridgehead atoms. The SMILES string of the molecule is CN(C)c1ccc(/C=C/c2cccc([N+](=O)[O-])c2)cc1. The second kappa shape index (κ2) is 6.02. The summed E-state index contributed by atoms with van der Waals surface area (Å²) in [6.45, 7) is 0. The summed E-state index contributed by atoms with van der Waals surface area (Å²) < 4.78 is 0. The monoisotopic (exact) mass is 268 g/mol. The standard InChI is InChI=1S/C16H16N2O2/c1-17(2)15-10-8-13(9-11-15)6-7-14-4-3-5-16(12-14)18(19)20/h3-12H,1-2H3/b7-6+. The Balaban J connectivity index is 2.16. The normalized spacial score (nSPS) is 10.7. The average Bonchev–Trinajstić information content (AvgIpc) is 2.46. The van der Waals surface area contributed by atoms with E-state index in [0.29, 0.717) is 0 Å². The quantitative estimate of drug-likeness (QED) is 0.481. The molecule has 0 aliphatic carbocycles. The van der Waals surface area contributed by atoms with Crippen molar-refractivity contribution in [2.75, 3.05) is 19.0 Å². The van der Waals surface area contributed by atoms with Gasteiger partial charge in [0, 0.05) is 31.9 Å². The Hall–Kier alpha value is -2.62. The zero-order valence-electron chi connectivity index (χ0n) is 11.5. The number of nitro groups is 1. The highest BCUT2D eigenvalue weighted by molar-refractivity contribution is 5.71. The van der Waals surface area contributed by atoms with E-state index in [4.69, 9.17) is 0 Å². The van der Waals surface area contributed by atoms with Gasteiger partial charge in [-0.15, -0.1) is 0 Å². The van der Waals surface area contributed by atoms with Crippen LogP contribution in [0.5, 0.6) is 0 Å². The molecule has 2 rings (SSSR count). The van der Waals surface area contributed by atoms with Crippen LogP contribution in [0.25, 0.3) is 12.2 Å². The van der Waals surface area contributed by atoms with Crippen molar-refractivity contribution in [3.63, 3.8) is 0 Å². The zero-order chi connectivity index (χ0) is 14.5. The number of nitrogens with zero attached hydrogens (tertiary/aromatic N) is 2. The maximum absolute atomic E-state index is 10.7. The molecule has 4 nitrogen and oxygen atoms in total. The first-order valence-electron chi connectivity index (χ1n) is 6.26. The summed E-state index contributed by atoms with van der Waals surface area (Å²) in [5.74, 6) is 0. The van der Waals surface area contributed by atoms with Crippen LogP contribution in [0.1, 0.15) is 11.1 Å². The van der Waals surface area contributed by atoms with E-state index in [2.05, 4.69) is 0 Å². The van der Waals surface area contributed by atoms with Gasteiger partial charge in [0.2, 0.25) is 0 Å². The lowest BCUT2D eigenvalue weighted by atomic mass is 10.1. The van der Waals surface area contributed by atoms with Crippen molar-refractivity contribution in [2.45, 2.75) is 0 Å². The second-order valence-electron chi connectivity index (χ2n) is 4.67. The molecule has 0 radical (unpaired) electrons. The number of nitro benzene ring substituents is 1. The molecule has 0 N–H and O–H groups in total. The number of non-ortho nitro benzene ring substituents is 1.